The molecule has 1 aliphatic carbocycles. The summed E-state index contributed by atoms with van der Waals surface area (Å²) in [5.74, 6) is 0.0516. The first kappa shape index (κ1) is 18.3. The van der Waals surface area contributed by atoms with Crippen LogP contribution < -0.4 is 15.4 Å². The largest absolute Gasteiger partial charge is 0.496 e. The maximum Gasteiger partial charge on any atom is 0.224 e. The second-order valence-electron chi connectivity index (χ2n) is 6.32. The first-order valence-electron chi connectivity index (χ1n) is 8.50. The lowest BCUT2D eigenvalue weighted by Gasteiger charge is -2.09. The van der Waals surface area contributed by atoms with Gasteiger partial charge in [-0.25, -0.2) is 0 Å². The second-order valence-corrected chi connectivity index (χ2v) is 6.76. The Morgan fingerprint density at radius 1 is 1.00 bits per heavy atom. The molecular formula is C20H21ClN2O3. The summed E-state index contributed by atoms with van der Waals surface area (Å²) < 4.78 is 5.27. The maximum absolute atomic E-state index is 12.3. The van der Waals surface area contributed by atoms with Gasteiger partial charge in [0.15, 0.2) is 0 Å². The highest BCUT2D eigenvalue weighted by atomic mass is 35.5. The quantitative estimate of drug-likeness (QED) is 0.785. The van der Waals surface area contributed by atoms with Gasteiger partial charge in [0.25, 0.3) is 0 Å². The number of benzene rings is 2. The normalized spacial score (nSPS) is 18.1. The average molecular weight is 373 g/mol. The van der Waals surface area contributed by atoms with E-state index in [-0.39, 0.29) is 23.7 Å². The molecule has 2 N–H and O–H groups in total. The molecule has 2 unspecified atom stereocenters. The molecule has 2 aromatic carbocycles. The van der Waals surface area contributed by atoms with E-state index in [0.29, 0.717) is 24.5 Å². The first-order chi connectivity index (χ1) is 12.6. The number of hydrogen-bond donors (Lipinski definition) is 2. The minimum atomic E-state index is -0.255. The zero-order chi connectivity index (χ0) is 18.5. The van der Waals surface area contributed by atoms with Gasteiger partial charge in [0.05, 0.1) is 18.9 Å². The highest BCUT2D eigenvalue weighted by molar-refractivity contribution is 6.30. The Morgan fingerprint density at radius 3 is 2.27 bits per heavy atom. The third-order valence-electron chi connectivity index (χ3n) is 4.49. The van der Waals surface area contributed by atoms with Crippen LogP contribution in [0.15, 0.2) is 48.5 Å². The summed E-state index contributed by atoms with van der Waals surface area (Å²) in [6.07, 6.45) is 0.588. The number of para-hydroxylation sites is 1. The first-order valence-corrected chi connectivity index (χ1v) is 8.88. The van der Waals surface area contributed by atoms with E-state index in [1.54, 1.807) is 19.2 Å². The predicted octanol–water partition coefficient (Wildman–Crippen LogP) is 2.92. The highest BCUT2D eigenvalue weighted by Gasteiger charge is 2.47. The number of carbonyl (C=O) groups is 2. The molecule has 0 saturated heterocycles. The molecule has 2 amide bonds. The number of ether oxygens (including phenoxy) is 1. The van der Waals surface area contributed by atoms with Crippen LogP contribution in [0.1, 0.15) is 17.5 Å². The summed E-state index contributed by atoms with van der Waals surface area (Å²) in [6, 6.07) is 14.8. The Bertz CT molecular complexity index is 792. The third-order valence-corrected chi connectivity index (χ3v) is 4.74. The van der Waals surface area contributed by atoms with Gasteiger partial charge < -0.3 is 15.4 Å². The lowest BCUT2D eigenvalue weighted by molar-refractivity contribution is -0.127. The van der Waals surface area contributed by atoms with Crippen molar-refractivity contribution in [1.82, 2.24) is 10.6 Å². The number of rotatable bonds is 7. The Kier molecular flexibility index (Phi) is 5.78. The standard InChI is InChI=1S/C20H21ClN2O3/c1-26-18-5-3-2-4-14(18)12-23-20(25)17-10-16(17)19(24)22-11-13-6-8-15(21)9-7-13/h2-9,16-17H,10-12H2,1H3,(H,22,24)(H,23,25). The zero-order valence-electron chi connectivity index (χ0n) is 14.5. The van der Waals surface area contributed by atoms with Crippen LogP contribution in [0.4, 0.5) is 0 Å². The number of methoxy groups -OCH3 is 1. The third kappa shape index (κ3) is 4.55. The van der Waals surface area contributed by atoms with E-state index in [1.165, 1.54) is 0 Å². The van der Waals surface area contributed by atoms with E-state index >= 15 is 0 Å². The number of hydrogen-bond acceptors (Lipinski definition) is 3. The molecule has 2 atom stereocenters. The molecule has 0 radical (unpaired) electrons. The van der Waals surface area contributed by atoms with Gasteiger partial charge in [-0.1, -0.05) is 41.9 Å². The fraction of sp³-hybridized carbons (Fsp3) is 0.300. The summed E-state index contributed by atoms with van der Waals surface area (Å²) in [5, 5.41) is 6.42. The van der Waals surface area contributed by atoms with Crippen LogP contribution in [0.25, 0.3) is 0 Å². The van der Waals surface area contributed by atoms with Crippen LogP contribution in [0.5, 0.6) is 5.75 Å². The van der Waals surface area contributed by atoms with Crippen molar-refractivity contribution in [3.8, 4) is 5.75 Å². The summed E-state index contributed by atoms with van der Waals surface area (Å²) in [4.78, 5) is 24.5. The molecule has 1 fully saturated rings. The average Bonchev–Trinajstić information content (AvgIpc) is 3.46. The van der Waals surface area contributed by atoms with E-state index in [9.17, 15) is 9.59 Å². The molecule has 136 valence electrons. The molecule has 0 spiro atoms. The molecule has 5 nitrogen and oxygen atoms in total. The van der Waals surface area contributed by atoms with Gasteiger partial charge in [0.2, 0.25) is 11.8 Å². The number of nitrogens with one attached hydrogen (secondary N) is 2. The second kappa shape index (κ2) is 8.23. The summed E-state index contributed by atoms with van der Waals surface area (Å²) >= 11 is 5.84. The topological polar surface area (TPSA) is 67.4 Å². The van der Waals surface area contributed by atoms with E-state index in [2.05, 4.69) is 10.6 Å². The molecule has 6 heteroatoms. The highest BCUT2D eigenvalue weighted by Crippen LogP contribution is 2.39. The number of halogens is 1. The molecule has 0 bridgehead atoms. The van der Waals surface area contributed by atoms with E-state index < -0.39 is 0 Å². The Labute approximate surface area is 157 Å². The van der Waals surface area contributed by atoms with Crippen LogP contribution in [-0.4, -0.2) is 18.9 Å². The molecule has 3 rings (SSSR count). The Hall–Kier alpha value is -2.53. The maximum atomic E-state index is 12.3. The molecule has 0 aromatic heterocycles. The monoisotopic (exact) mass is 372 g/mol. The molecule has 1 aliphatic rings. The molecule has 26 heavy (non-hydrogen) atoms. The van der Waals surface area contributed by atoms with Crippen molar-refractivity contribution in [2.24, 2.45) is 11.8 Å². The minimum Gasteiger partial charge on any atom is -0.496 e. The van der Waals surface area contributed by atoms with Crippen molar-refractivity contribution in [2.75, 3.05) is 7.11 Å². The van der Waals surface area contributed by atoms with Crippen LogP contribution in [-0.2, 0) is 22.7 Å². The summed E-state index contributed by atoms with van der Waals surface area (Å²) in [6.45, 7) is 0.820. The summed E-state index contributed by atoms with van der Waals surface area (Å²) in [7, 11) is 1.60. The van der Waals surface area contributed by atoms with Crippen molar-refractivity contribution in [3.05, 3.63) is 64.7 Å². The van der Waals surface area contributed by atoms with Crippen molar-refractivity contribution in [3.63, 3.8) is 0 Å². The van der Waals surface area contributed by atoms with Crippen LogP contribution in [0, 0.1) is 11.8 Å². The Morgan fingerprint density at radius 2 is 1.62 bits per heavy atom. The lowest BCUT2D eigenvalue weighted by atomic mass is 10.2. The van der Waals surface area contributed by atoms with Gasteiger partial charge in [0.1, 0.15) is 5.75 Å². The number of amides is 2. The SMILES string of the molecule is COc1ccccc1CNC(=O)C1CC1C(=O)NCc1ccc(Cl)cc1. The molecular weight excluding hydrogens is 352 g/mol. The van der Waals surface area contributed by atoms with Crippen LogP contribution >= 0.6 is 11.6 Å². The van der Waals surface area contributed by atoms with Crippen LogP contribution in [0.2, 0.25) is 5.02 Å². The fourth-order valence-electron chi connectivity index (χ4n) is 2.86. The van der Waals surface area contributed by atoms with Gasteiger partial charge in [-0.05, 0) is 30.2 Å². The van der Waals surface area contributed by atoms with Gasteiger partial charge >= 0.3 is 0 Å². The van der Waals surface area contributed by atoms with Gasteiger partial charge in [0, 0.05) is 23.7 Å². The van der Waals surface area contributed by atoms with Gasteiger partial charge in [-0.3, -0.25) is 9.59 Å². The van der Waals surface area contributed by atoms with Gasteiger partial charge in [-0.2, -0.15) is 0 Å². The minimum absolute atomic E-state index is 0.0857. The Balaban J connectivity index is 1.44. The van der Waals surface area contributed by atoms with Crippen LogP contribution in [0.3, 0.4) is 0 Å². The lowest BCUT2D eigenvalue weighted by Crippen LogP contribution is -2.29. The van der Waals surface area contributed by atoms with Crippen molar-refractivity contribution < 1.29 is 14.3 Å². The van der Waals surface area contributed by atoms with Crippen molar-refractivity contribution in [1.29, 1.82) is 0 Å². The fourth-order valence-corrected chi connectivity index (χ4v) is 2.99. The molecule has 0 heterocycles. The zero-order valence-corrected chi connectivity index (χ0v) is 15.3. The smallest absolute Gasteiger partial charge is 0.224 e. The predicted molar refractivity (Wildman–Crippen MR) is 99.7 cm³/mol. The van der Waals surface area contributed by atoms with E-state index in [4.69, 9.17) is 16.3 Å². The van der Waals surface area contributed by atoms with Gasteiger partial charge in [-0.15, -0.1) is 0 Å². The number of carbonyl (C=O) groups excluding carboxylic acids is 2. The molecule has 0 aliphatic heterocycles. The van der Waals surface area contributed by atoms with E-state index in [0.717, 1.165) is 16.9 Å². The van der Waals surface area contributed by atoms with Crippen molar-refractivity contribution >= 4 is 23.4 Å². The molecule has 1 saturated carbocycles. The van der Waals surface area contributed by atoms with Crippen molar-refractivity contribution in [2.45, 2.75) is 19.5 Å². The van der Waals surface area contributed by atoms with E-state index in [1.807, 2.05) is 36.4 Å². The molecule has 2 aromatic rings. The summed E-state index contributed by atoms with van der Waals surface area (Å²) in [5.41, 5.74) is 1.88.